The number of methoxy groups -OCH3 is 1. The first-order valence-electron chi connectivity index (χ1n) is 11.7. The maximum atomic E-state index is 13.6. The lowest BCUT2D eigenvalue weighted by molar-refractivity contribution is -0.139. The van der Waals surface area contributed by atoms with E-state index >= 15 is 0 Å². The van der Waals surface area contributed by atoms with Crippen LogP contribution in [0.3, 0.4) is 0 Å². The number of benzene rings is 2. The van der Waals surface area contributed by atoms with Gasteiger partial charge in [0.1, 0.15) is 18.3 Å². The number of ether oxygens (including phenoxy) is 1. The van der Waals surface area contributed by atoms with Gasteiger partial charge in [-0.2, -0.15) is 0 Å². The van der Waals surface area contributed by atoms with Crippen LogP contribution in [0.4, 0.5) is 5.69 Å². The molecule has 0 bridgehead atoms. The number of nitrogens with one attached hydrogen (secondary N) is 1. The van der Waals surface area contributed by atoms with Crippen molar-refractivity contribution in [1.82, 2.24) is 10.2 Å². The highest BCUT2D eigenvalue weighted by atomic mass is 32.2. The average molecular weight is 504 g/mol. The zero-order valence-electron chi connectivity index (χ0n) is 21.5. The Morgan fingerprint density at radius 1 is 1.11 bits per heavy atom. The summed E-state index contributed by atoms with van der Waals surface area (Å²) in [4.78, 5) is 27.9. The van der Waals surface area contributed by atoms with Crippen molar-refractivity contribution < 1.29 is 22.7 Å². The molecule has 9 heteroatoms. The predicted molar refractivity (Wildman–Crippen MR) is 139 cm³/mol. The van der Waals surface area contributed by atoms with Gasteiger partial charge in [0.2, 0.25) is 21.8 Å². The van der Waals surface area contributed by atoms with Crippen molar-refractivity contribution in [2.24, 2.45) is 0 Å². The van der Waals surface area contributed by atoms with E-state index in [1.165, 1.54) is 4.90 Å². The molecule has 0 aliphatic heterocycles. The summed E-state index contributed by atoms with van der Waals surface area (Å²) in [5.41, 5.74) is 2.90. The van der Waals surface area contributed by atoms with Gasteiger partial charge in [0.25, 0.3) is 0 Å². The van der Waals surface area contributed by atoms with Crippen LogP contribution in [-0.4, -0.2) is 57.6 Å². The summed E-state index contributed by atoms with van der Waals surface area (Å²) in [6.45, 7) is 7.62. The summed E-state index contributed by atoms with van der Waals surface area (Å²) in [5, 5.41) is 2.87. The first kappa shape index (κ1) is 28.2. The Kier molecular flexibility index (Phi) is 10.1. The fourth-order valence-corrected chi connectivity index (χ4v) is 4.59. The zero-order valence-corrected chi connectivity index (χ0v) is 22.3. The van der Waals surface area contributed by atoms with E-state index in [1.807, 2.05) is 39.0 Å². The van der Waals surface area contributed by atoms with Crippen molar-refractivity contribution in [2.45, 2.75) is 53.1 Å². The molecular formula is C26H37N3O5S. The van der Waals surface area contributed by atoms with Gasteiger partial charge >= 0.3 is 0 Å². The number of rotatable bonds is 12. The third-order valence-corrected chi connectivity index (χ3v) is 7.13. The topological polar surface area (TPSA) is 96.0 Å². The molecule has 0 radical (unpaired) electrons. The van der Waals surface area contributed by atoms with Crippen molar-refractivity contribution in [3.8, 4) is 5.75 Å². The Balaban J connectivity index is 2.41. The summed E-state index contributed by atoms with van der Waals surface area (Å²) < 4.78 is 31.9. The number of carbonyl (C=O) groups excluding carboxylic acids is 2. The standard InChI is InChI=1S/C26H37N3O5S/c1-7-8-15-27-26(31)21(4)28(17-22-12-10-13-23(16-22)34-5)25(30)18-29(35(6,32)33)24-14-9-11-19(2)20(24)3/h9-14,16,21H,7-8,15,17-18H2,1-6H3,(H,27,31)/t21-/m1/s1. The maximum Gasteiger partial charge on any atom is 0.244 e. The lowest BCUT2D eigenvalue weighted by atomic mass is 10.1. The quantitative estimate of drug-likeness (QED) is 0.448. The molecule has 0 saturated carbocycles. The lowest BCUT2D eigenvalue weighted by Gasteiger charge is -2.32. The van der Waals surface area contributed by atoms with Gasteiger partial charge in [0, 0.05) is 13.1 Å². The second-order valence-electron chi connectivity index (χ2n) is 8.68. The van der Waals surface area contributed by atoms with Gasteiger partial charge in [-0.05, 0) is 62.1 Å². The number of aryl methyl sites for hydroxylation is 1. The molecule has 2 amide bonds. The molecule has 1 atom stereocenters. The zero-order chi connectivity index (χ0) is 26.2. The van der Waals surface area contributed by atoms with Crippen molar-refractivity contribution in [1.29, 1.82) is 0 Å². The third kappa shape index (κ3) is 7.71. The highest BCUT2D eigenvalue weighted by Crippen LogP contribution is 2.25. The Morgan fingerprint density at radius 3 is 2.43 bits per heavy atom. The minimum atomic E-state index is -3.77. The highest BCUT2D eigenvalue weighted by molar-refractivity contribution is 7.92. The van der Waals surface area contributed by atoms with Gasteiger partial charge in [-0.15, -0.1) is 0 Å². The summed E-state index contributed by atoms with van der Waals surface area (Å²) in [6, 6.07) is 11.8. The average Bonchev–Trinajstić information content (AvgIpc) is 2.82. The van der Waals surface area contributed by atoms with Crippen molar-refractivity contribution in [2.75, 3.05) is 30.8 Å². The van der Waals surface area contributed by atoms with Crippen LogP contribution >= 0.6 is 0 Å². The lowest BCUT2D eigenvalue weighted by Crippen LogP contribution is -2.51. The summed E-state index contributed by atoms with van der Waals surface area (Å²) >= 11 is 0. The number of hydrogen-bond acceptors (Lipinski definition) is 5. The van der Waals surface area contributed by atoms with E-state index in [4.69, 9.17) is 4.74 Å². The second-order valence-corrected chi connectivity index (χ2v) is 10.6. The molecule has 2 rings (SSSR count). The largest absolute Gasteiger partial charge is 0.497 e. The molecule has 2 aromatic carbocycles. The van der Waals surface area contributed by atoms with Crippen LogP contribution in [0.2, 0.25) is 0 Å². The predicted octanol–water partition coefficient (Wildman–Crippen LogP) is 3.41. The summed E-state index contributed by atoms with van der Waals surface area (Å²) in [5.74, 6) is -0.132. The van der Waals surface area contributed by atoms with Crippen LogP contribution in [0.1, 0.15) is 43.4 Å². The Morgan fingerprint density at radius 2 is 1.80 bits per heavy atom. The summed E-state index contributed by atoms with van der Waals surface area (Å²) in [6.07, 6.45) is 2.84. The molecule has 2 aromatic rings. The molecule has 0 aromatic heterocycles. The van der Waals surface area contributed by atoms with Crippen LogP contribution in [0, 0.1) is 13.8 Å². The molecule has 8 nitrogen and oxygen atoms in total. The molecule has 0 heterocycles. The van der Waals surface area contributed by atoms with Gasteiger partial charge in [0.15, 0.2) is 0 Å². The Labute approximate surface area is 209 Å². The smallest absolute Gasteiger partial charge is 0.244 e. The molecular weight excluding hydrogens is 466 g/mol. The van der Waals surface area contributed by atoms with E-state index in [0.29, 0.717) is 18.0 Å². The first-order chi connectivity index (χ1) is 16.5. The number of anilines is 1. The fourth-order valence-electron chi connectivity index (χ4n) is 3.69. The maximum absolute atomic E-state index is 13.6. The van der Waals surface area contributed by atoms with Gasteiger partial charge in [0.05, 0.1) is 19.1 Å². The number of carbonyl (C=O) groups is 2. The van der Waals surface area contributed by atoms with Crippen LogP contribution < -0.4 is 14.4 Å². The van der Waals surface area contributed by atoms with Gasteiger partial charge in [-0.3, -0.25) is 13.9 Å². The van der Waals surface area contributed by atoms with Gasteiger partial charge < -0.3 is 15.0 Å². The van der Waals surface area contributed by atoms with Gasteiger partial charge in [-0.25, -0.2) is 8.42 Å². The van der Waals surface area contributed by atoms with E-state index in [0.717, 1.165) is 40.1 Å². The molecule has 0 unspecified atom stereocenters. The number of hydrogen-bond donors (Lipinski definition) is 1. The normalized spacial score (nSPS) is 12.1. The van der Waals surface area contributed by atoms with E-state index in [9.17, 15) is 18.0 Å². The van der Waals surface area contributed by atoms with Crippen LogP contribution in [0.25, 0.3) is 0 Å². The Hall–Kier alpha value is -3.07. The number of nitrogens with zero attached hydrogens (tertiary/aromatic N) is 2. The van der Waals surface area contributed by atoms with E-state index in [2.05, 4.69) is 5.32 Å². The molecule has 0 aliphatic carbocycles. The van der Waals surface area contributed by atoms with Crippen molar-refractivity contribution >= 4 is 27.5 Å². The molecule has 192 valence electrons. The molecule has 0 aliphatic rings. The minimum absolute atomic E-state index is 0.128. The number of unbranched alkanes of at least 4 members (excludes halogenated alkanes) is 1. The van der Waals surface area contributed by atoms with Crippen LogP contribution in [-0.2, 0) is 26.2 Å². The van der Waals surface area contributed by atoms with Gasteiger partial charge in [-0.1, -0.05) is 37.6 Å². The molecule has 35 heavy (non-hydrogen) atoms. The molecule has 0 fully saturated rings. The van der Waals surface area contributed by atoms with E-state index < -0.39 is 28.5 Å². The van der Waals surface area contributed by atoms with Crippen LogP contribution in [0.5, 0.6) is 5.75 Å². The highest BCUT2D eigenvalue weighted by Gasteiger charge is 2.30. The number of sulfonamides is 1. The Bertz CT molecular complexity index is 1130. The molecule has 1 N–H and O–H groups in total. The van der Waals surface area contributed by atoms with Crippen molar-refractivity contribution in [3.05, 3.63) is 59.2 Å². The van der Waals surface area contributed by atoms with Crippen molar-refractivity contribution in [3.63, 3.8) is 0 Å². The second kappa shape index (κ2) is 12.6. The SMILES string of the molecule is CCCCNC(=O)[C@@H](C)N(Cc1cccc(OC)c1)C(=O)CN(c1cccc(C)c1C)S(C)(=O)=O. The fraction of sp³-hybridized carbons (Fsp3) is 0.462. The summed E-state index contributed by atoms with van der Waals surface area (Å²) in [7, 11) is -2.21. The third-order valence-electron chi connectivity index (χ3n) is 6.01. The first-order valence-corrected chi connectivity index (χ1v) is 13.6. The monoisotopic (exact) mass is 503 g/mol. The minimum Gasteiger partial charge on any atom is -0.497 e. The van der Waals surface area contributed by atoms with E-state index in [-0.39, 0.29) is 12.5 Å². The molecule has 0 spiro atoms. The van der Waals surface area contributed by atoms with Crippen LogP contribution in [0.15, 0.2) is 42.5 Å². The van der Waals surface area contributed by atoms with E-state index in [1.54, 1.807) is 38.3 Å². The number of amides is 2. The molecule has 0 saturated heterocycles.